The average Bonchev–Trinajstić information content (AvgIpc) is 2.05. The van der Waals surface area contributed by atoms with Gasteiger partial charge in [-0.1, -0.05) is 0 Å². The Bertz CT molecular complexity index is 350. The van der Waals surface area contributed by atoms with Crippen molar-refractivity contribution in [3.63, 3.8) is 0 Å². The van der Waals surface area contributed by atoms with Gasteiger partial charge in [-0.15, -0.1) is 0 Å². The number of ether oxygens (including phenoxy) is 2. The highest BCUT2D eigenvalue weighted by Gasteiger charge is 2.22. The summed E-state index contributed by atoms with van der Waals surface area (Å²) < 4.78 is 10.6. The van der Waals surface area contributed by atoms with Crippen LogP contribution in [0.25, 0.3) is 0 Å². The van der Waals surface area contributed by atoms with Gasteiger partial charge in [0.25, 0.3) is 0 Å². The van der Waals surface area contributed by atoms with E-state index in [0.717, 1.165) is 5.56 Å². The van der Waals surface area contributed by atoms with Crippen molar-refractivity contribution < 1.29 is 9.47 Å². The minimum atomic E-state index is 0.113. The predicted octanol–water partition coefficient (Wildman–Crippen LogP) is 0.453. The smallest absolute Gasteiger partial charge is 0.222 e. The lowest BCUT2D eigenvalue weighted by atomic mass is 10.3. The number of rotatable bonds is 2. The van der Waals surface area contributed by atoms with Crippen molar-refractivity contribution in [2.45, 2.75) is 20.0 Å². The zero-order chi connectivity index (χ0) is 10.1. The maximum atomic E-state index is 5.69. The van der Waals surface area contributed by atoms with Crippen molar-refractivity contribution in [3.8, 4) is 5.88 Å². The van der Waals surface area contributed by atoms with Crippen LogP contribution < -0.4 is 10.5 Å². The van der Waals surface area contributed by atoms with Crippen LogP contribution in [0.5, 0.6) is 5.88 Å². The fourth-order valence-electron chi connectivity index (χ4n) is 1.18. The van der Waals surface area contributed by atoms with E-state index in [-0.39, 0.29) is 6.10 Å². The first kappa shape index (κ1) is 9.21. The number of anilines is 1. The van der Waals surface area contributed by atoms with Crippen molar-refractivity contribution in [1.29, 1.82) is 0 Å². The van der Waals surface area contributed by atoms with E-state index in [1.54, 1.807) is 6.92 Å². The predicted molar refractivity (Wildman–Crippen MR) is 51.2 cm³/mol. The van der Waals surface area contributed by atoms with Gasteiger partial charge in [-0.2, -0.15) is 4.98 Å². The molecule has 1 aromatic rings. The van der Waals surface area contributed by atoms with E-state index in [9.17, 15) is 0 Å². The Morgan fingerprint density at radius 1 is 1.36 bits per heavy atom. The standard InChI is InChI=1S/C9H13N3O2/c1-5-8(10)11-6(2)12-9(5)14-7-3-13-4-7/h7H,3-4H2,1-2H3,(H2,10,11,12). The lowest BCUT2D eigenvalue weighted by molar-refractivity contribution is -0.0816. The summed E-state index contributed by atoms with van der Waals surface area (Å²) in [5, 5.41) is 0. The van der Waals surface area contributed by atoms with E-state index in [4.69, 9.17) is 15.2 Å². The number of hydrogen-bond acceptors (Lipinski definition) is 5. The van der Waals surface area contributed by atoms with Crippen molar-refractivity contribution in [2.75, 3.05) is 18.9 Å². The molecule has 2 heterocycles. The molecule has 0 amide bonds. The van der Waals surface area contributed by atoms with Gasteiger partial charge < -0.3 is 15.2 Å². The molecule has 2 rings (SSSR count). The Morgan fingerprint density at radius 3 is 2.64 bits per heavy atom. The molecule has 0 radical (unpaired) electrons. The van der Waals surface area contributed by atoms with Crippen LogP contribution in [0.3, 0.4) is 0 Å². The van der Waals surface area contributed by atoms with Crippen molar-refractivity contribution >= 4 is 5.82 Å². The Morgan fingerprint density at radius 2 is 2.07 bits per heavy atom. The molecule has 0 bridgehead atoms. The van der Waals surface area contributed by atoms with Gasteiger partial charge in [0, 0.05) is 0 Å². The molecule has 0 atom stereocenters. The zero-order valence-corrected chi connectivity index (χ0v) is 8.28. The second-order valence-corrected chi connectivity index (χ2v) is 3.36. The molecule has 0 unspecified atom stereocenters. The van der Waals surface area contributed by atoms with Crippen molar-refractivity contribution in [1.82, 2.24) is 9.97 Å². The highest BCUT2D eigenvalue weighted by atomic mass is 16.6. The summed E-state index contributed by atoms with van der Waals surface area (Å²) in [5.41, 5.74) is 6.49. The fourth-order valence-corrected chi connectivity index (χ4v) is 1.18. The van der Waals surface area contributed by atoms with E-state index in [1.807, 2.05) is 6.92 Å². The lowest BCUT2D eigenvalue weighted by Crippen LogP contribution is -2.39. The summed E-state index contributed by atoms with van der Waals surface area (Å²) in [6.45, 7) is 4.90. The molecular formula is C9H13N3O2. The molecule has 1 aliphatic heterocycles. The fraction of sp³-hybridized carbons (Fsp3) is 0.556. The molecular weight excluding hydrogens is 182 g/mol. The topological polar surface area (TPSA) is 70.3 Å². The SMILES string of the molecule is Cc1nc(N)c(C)c(OC2COC2)n1. The average molecular weight is 195 g/mol. The molecule has 0 saturated carbocycles. The summed E-state index contributed by atoms with van der Waals surface area (Å²) >= 11 is 0. The van der Waals surface area contributed by atoms with Crippen LogP contribution in [0.4, 0.5) is 5.82 Å². The number of nitrogens with zero attached hydrogens (tertiary/aromatic N) is 2. The normalized spacial score (nSPS) is 16.4. The van der Waals surface area contributed by atoms with Crippen LogP contribution in [-0.4, -0.2) is 29.3 Å². The maximum Gasteiger partial charge on any atom is 0.222 e. The van der Waals surface area contributed by atoms with E-state index < -0.39 is 0 Å². The van der Waals surface area contributed by atoms with Crippen molar-refractivity contribution in [3.05, 3.63) is 11.4 Å². The van der Waals surface area contributed by atoms with E-state index in [2.05, 4.69) is 9.97 Å². The second kappa shape index (κ2) is 3.42. The van der Waals surface area contributed by atoms with Crippen LogP contribution in [0, 0.1) is 13.8 Å². The maximum absolute atomic E-state index is 5.69. The summed E-state index contributed by atoms with van der Waals surface area (Å²) in [6.07, 6.45) is 0.113. The molecule has 0 aliphatic carbocycles. The molecule has 1 saturated heterocycles. The van der Waals surface area contributed by atoms with Gasteiger partial charge in [0.05, 0.1) is 18.8 Å². The molecule has 76 valence electrons. The zero-order valence-electron chi connectivity index (χ0n) is 8.28. The van der Waals surface area contributed by atoms with Crippen LogP contribution in [0.15, 0.2) is 0 Å². The van der Waals surface area contributed by atoms with E-state index in [0.29, 0.717) is 30.7 Å². The van der Waals surface area contributed by atoms with Gasteiger partial charge in [0.2, 0.25) is 5.88 Å². The first-order chi connectivity index (χ1) is 6.66. The second-order valence-electron chi connectivity index (χ2n) is 3.36. The van der Waals surface area contributed by atoms with Crippen LogP contribution in [0.2, 0.25) is 0 Å². The highest BCUT2D eigenvalue weighted by molar-refractivity contribution is 5.44. The van der Waals surface area contributed by atoms with E-state index in [1.165, 1.54) is 0 Å². The lowest BCUT2D eigenvalue weighted by Gasteiger charge is -2.26. The summed E-state index contributed by atoms with van der Waals surface area (Å²) in [6, 6.07) is 0. The Hall–Kier alpha value is -1.36. The minimum absolute atomic E-state index is 0.113. The van der Waals surface area contributed by atoms with Gasteiger partial charge in [0.1, 0.15) is 17.7 Å². The molecule has 0 spiro atoms. The third-order valence-electron chi connectivity index (χ3n) is 2.14. The number of aryl methyl sites for hydroxylation is 1. The number of aromatic nitrogens is 2. The van der Waals surface area contributed by atoms with Gasteiger partial charge in [-0.3, -0.25) is 0 Å². The summed E-state index contributed by atoms with van der Waals surface area (Å²) in [5.74, 6) is 1.68. The van der Waals surface area contributed by atoms with Crippen molar-refractivity contribution in [2.24, 2.45) is 0 Å². The molecule has 5 nitrogen and oxygen atoms in total. The first-order valence-electron chi connectivity index (χ1n) is 4.52. The molecule has 1 aromatic heterocycles. The van der Waals surface area contributed by atoms with Crippen LogP contribution >= 0.6 is 0 Å². The van der Waals surface area contributed by atoms with Gasteiger partial charge in [-0.25, -0.2) is 4.98 Å². The quantitative estimate of drug-likeness (QED) is 0.742. The highest BCUT2D eigenvalue weighted by Crippen LogP contribution is 2.21. The van der Waals surface area contributed by atoms with Crippen LogP contribution in [0.1, 0.15) is 11.4 Å². The van der Waals surface area contributed by atoms with Gasteiger partial charge in [0.15, 0.2) is 0 Å². The van der Waals surface area contributed by atoms with Gasteiger partial charge >= 0.3 is 0 Å². The largest absolute Gasteiger partial charge is 0.469 e. The number of nitrogen functional groups attached to an aromatic ring is 1. The Kier molecular flexibility index (Phi) is 2.25. The Balaban J connectivity index is 2.22. The molecule has 0 aromatic carbocycles. The van der Waals surface area contributed by atoms with Gasteiger partial charge in [-0.05, 0) is 13.8 Å². The number of hydrogen-bond donors (Lipinski definition) is 1. The molecule has 1 aliphatic rings. The Labute approximate surface area is 82.3 Å². The third-order valence-corrected chi connectivity index (χ3v) is 2.14. The third kappa shape index (κ3) is 1.63. The molecule has 1 fully saturated rings. The van der Waals surface area contributed by atoms with E-state index >= 15 is 0 Å². The number of nitrogens with two attached hydrogens (primary N) is 1. The molecule has 5 heteroatoms. The summed E-state index contributed by atoms with van der Waals surface area (Å²) in [4.78, 5) is 8.23. The minimum Gasteiger partial charge on any atom is -0.469 e. The van der Waals surface area contributed by atoms with Crippen LogP contribution in [-0.2, 0) is 4.74 Å². The molecule has 14 heavy (non-hydrogen) atoms. The monoisotopic (exact) mass is 195 g/mol. The summed E-state index contributed by atoms with van der Waals surface area (Å²) in [7, 11) is 0. The first-order valence-corrected chi connectivity index (χ1v) is 4.52. The molecule has 2 N–H and O–H groups in total.